The van der Waals surface area contributed by atoms with Crippen molar-refractivity contribution >= 4 is 44.8 Å². The number of rotatable bonds is 7. The molecule has 2 aromatic rings. The van der Waals surface area contributed by atoms with E-state index in [4.69, 9.17) is 0 Å². The third-order valence-electron chi connectivity index (χ3n) is 3.55. The Kier molecular flexibility index (Phi) is 7.13. The summed E-state index contributed by atoms with van der Waals surface area (Å²) in [5.74, 6) is 0.122. The first-order valence-corrected chi connectivity index (χ1v) is 9.79. The molecule has 1 aromatic heterocycles. The van der Waals surface area contributed by atoms with E-state index in [0.717, 1.165) is 26.4 Å². The lowest BCUT2D eigenvalue weighted by Crippen LogP contribution is -2.29. The topological polar surface area (TPSA) is 71.1 Å². The van der Waals surface area contributed by atoms with E-state index in [9.17, 15) is 9.59 Å². The number of halogens is 1. The van der Waals surface area contributed by atoms with E-state index in [1.165, 1.54) is 0 Å². The molecule has 0 saturated heterocycles. The molecule has 0 aliphatic rings. The normalized spacial score (nSPS) is 10.8. The summed E-state index contributed by atoms with van der Waals surface area (Å²) in [5.41, 5.74) is 2.54. The third kappa shape index (κ3) is 6.25. The maximum absolute atomic E-state index is 12.0. The summed E-state index contributed by atoms with van der Waals surface area (Å²) in [5, 5.41) is 8.58. The van der Waals surface area contributed by atoms with Crippen molar-refractivity contribution in [3.05, 3.63) is 44.3 Å². The van der Waals surface area contributed by atoms with Gasteiger partial charge in [-0.1, -0.05) is 35.8 Å². The quantitative estimate of drug-likeness (QED) is 0.705. The van der Waals surface area contributed by atoms with E-state index < -0.39 is 0 Å². The Balaban J connectivity index is 1.74. The Labute approximate surface area is 160 Å². The molecule has 25 heavy (non-hydrogen) atoms. The van der Waals surface area contributed by atoms with Crippen LogP contribution in [0.2, 0.25) is 0 Å². The first-order valence-electron chi connectivity index (χ1n) is 8.12. The summed E-state index contributed by atoms with van der Waals surface area (Å²) in [6.07, 6.45) is 0.474. The summed E-state index contributed by atoms with van der Waals surface area (Å²) < 4.78 is 0.908. The van der Waals surface area contributed by atoms with Crippen LogP contribution in [-0.2, 0) is 16.0 Å². The second-order valence-corrected chi connectivity index (χ2v) is 7.92. The van der Waals surface area contributed by atoms with Crippen LogP contribution in [0, 0.1) is 6.92 Å². The van der Waals surface area contributed by atoms with Crippen molar-refractivity contribution < 1.29 is 9.59 Å². The van der Waals surface area contributed by atoms with Gasteiger partial charge in [-0.15, -0.1) is 11.3 Å². The number of nitrogens with one attached hydrogen (secondary N) is 2. The van der Waals surface area contributed by atoms with Crippen molar-refractivity contribution in [3.8, 4) is 0 Å². The number of hydrogen-bond acceptors (Lipinski definition) is 4. The van der Waals surface area contributed by atoms with Crippen molar-refractivity contribution in [1.82, 2.24) is 10.3 Å². The molecule has 1 aromatic carbocycles. The highest BCUT2D eigenvalue weighted by atomic mass is 79.9. The molecule has 5 nitrogen and oxygen atoms in total. The molecule has 2 N–H and O–H groups in total. The molecular formula is C18H22BrN3O2S. The first-order chi connectivity index (χ1) is 11.8. The lowest BCUT2D eigenvalue weighted by atomic mass is 10.2. The van der Waals surface area contributed by atoms with Gasteiger partial charge in [0.25, 0.3) is 0 Å². The standard InChI is InChI=1S/C18H22BrN3O2S/c1-11(2)18-21-14(10-25-18)9-17(24)20-7-6-16(23)22-15-8-13(19)5-4-12(15)3/h4-5,8,10-11H,6-7,9H2,1-3H3,(H,20,24)(H,22,23). The van der Waals surface area contributed by atoms with Gasteiger partial charge in [0.05, 0.1) is 17.1 Å². The molecule has 0 fully saturated rings. The number of carbonyl (C=O) groups is 2. The van der Waals surface area contributed by atoms with Gasteiger partial charge in [-0.2, -0.15) is 0 Å². The molecule has 134 valence electrons. The van der Waals surface area contributed by atoms with Gasteiger partial charge in [-0.25, -0.2) is 4.98 Å². The Morgan fingerprint density at radius 3 is 2.72 bits per heavy atom. The molecule has 2 rings (SSSR count). The number of hydrogen-bond donors (Lipinski definition) is 2. The zero-order valence-electron chi connectivity index (χ0n) is 14.6. The zero-order valence-corrected chi connectivity index (χ0v) is 17.0. The highest BCUT2D eigenvalue weighted by molar-refractivity contribution is 9.10. The molecule has 0 radical (unpaired) electrons. The molecule has 7 heteroatoms. The molecule has 0 aliphatic carbocycles. The number of amides is 2. The smallest absolute Gasteiger partial charge is 0.226 e. The maximum Gasteiger partial charge on any atom is 0.226 e. The van der Waals surface area contributed by atoms with Crippen LogP contribution in [0.25, 0.3) is 0 Å². The van der Waals surface area contributed by atoms with E-state index >= 15 is 0 Å². The molecule has 0 bridgehead atoms. The molecule has 0 spiro atoms. The molecule has 0 saturated carbocycles. The highest BCUT2D eigenvalue weighted by Gasteiger charge is 2.10. The molecule has 0 unspecified atom stereocenters. The average molecular weight is 424 g/mol. The molecule has 0 atom stereocenters. The van der Waals surface area contributed by atoms with Gasteiger partial charge < -0.3 is 10.6 Å². The number of nitrogens with zero attached hydrogens (tertiary/aromatic N) is 1. The Morgan fingerprint density at radius 1 is 1.28 bits per heavy atom. The van der Waals surface area contributed by atoms with Gasteiger partial charge in [0, 0.05) is 34.4 Å². The number of anilines is 1. The minimum Gasteiger partial charge on any atom is -0.355 e. The van der Waals surface area contributed by atoms with E-state index in [0.29, 0.717) is 12.5 Å². The molecule has 0 aliphatic heterocycles. The monoisotopic (exact) mass is 423 g/mol. The second-order valence-electron chi connectivity index (χ2n) is 6.12. The van der Waals surface area contributed by atoms with E-state index in [-0.39, 0.29) is 24.7 Å². The van der Waals surface area contributed by atoms with Crippen molar-refractivity contribution in [2.45, 2.75) is 39.5 Å². The van der Waals surface area contributed by atoms with Gasteiger partial charge >= 0.3 is 0 Å². The molecule has 2 amide bonds. The number of aromatic nitrogens is 1. The molecular weight excluding hydrogens is 402 g/mol. The summed E-state index contributed by atoms with van der Waals surface area (Å²) >= 11 is 4.96. The number of thiazole rings is 1. The number of carbonyl (C=O) groups excluding carboxylic acids is 2. The van der Waals surface area contributed by atoms with E-state index in [1.54, 1.807) is 11.3 Å². The summed E-state index contributed by atoms with van der Waals surface area (Å²) in [6, 6.07) is 5.72. The van der Waals surface area contributed by atoms with Gasteiger partial charge in [-0.05, 0) is 24.6 Å². The van der Waals surface area contributed by atoms with Crippen LogP contribution in [0.4, 0.5) is 5.69 Å². The zero-order chi connectivity index (χ0) is 18.4. The van der Waals surface area contributed by atoms with Crippen LogP contribution in [-0.4, -0.2) is 23.3 Å². The third-order valence-corrected chi connectivity index (χ3v) is 5.24. The fourth-order valence-electron chi connectivity index (χ4n) is 2.15. The SMILES string of the molecule is Cc1ccc(Br)cc1NC(=O)CCNC(=O)Cc1csc(C(C)C)n1. The van der Waals surface area contributed by atoms with Crippen molar-refractivity contribution in [1.29, 1.82) is 0 Å². The molecule has 1 heterocycles. The average Bonchev–Trinajstić information content (AvgIpc) is 2.99. The van der Waals surface area contributed by atoms with Crippen molar-refractivity contribution in [3.63, 3.8) is 0 Å². The first kappa shape index (κ1) is 19.6. The van der Waals surface area contributed by atoms with Gasteiger partial charge in [0.15, 0.2) is 0 Å². The summed E-state index contributed by atoms with van der Waals surface area (Å²) in [6.45, 7) is 6.39. The van der Waals surface area contributed by atoms with Gasteiger partial charge in [-0.3, -0.25) is 9.59 Å². The van der Waals surface area contributed by atoms with Crippen LogP contribution in [0.3, 0.4) is 0 Å². The highest BCUT2D eigenvalue weighted by Crippen LogP contribution is 2.21. The van der Waals surface area contributed by atoms with Crippen molar-refractivity contribution in [2.24, 2.45) is 0 Å². The Bertz CT molecular complexity index is 759. The fraction of sp³-hybridized carbons (Fsp3) is 0.389. The Morgan fingerprint density at radius 2 is 2.04 bits per heavy atom. The van der Waals surface area contributed by atoms with Crippen LogP contribution in [0.1, 0.15) is 42.5 Å². The Hall–Kier alpha value is -1.73. The van der Waals surface area contributed by atoms with E-state index in [2.05, 4.69) is 45.4 Å². The van der Waals surface area contributed by atoms with Crippen LogP contribution >= 0.6 is 27.3 Å². The number of benzene rings is 1. The van der Waals surface area contributed by atoms with Crippen LogP contribution in [0.5, 0.6) is 0 Å². The number of aryl methyl sites for hydroxylation is 1. The largest absolute Gasteiger partial charge is 0.355 e. The van der Waals surface area contributed by atoms with Crippen LogP contribution in [0.15, 0.2) is 28.1 Å². The lowest BCUT2D eigenvalue weighted by molar-refractivity contribution is -0.120. The maximum atomic E-state index is 12.0. The van der Waals surface area contributed by atoms with Crippen molar-refractivity contribution in [2.75, 3.05) is 11.9 Å². The summed E-state index contributed by atoms with van der Waals surface area (Å²) in [4.78, 5) is 28.4. The second kappa shape index (κ2) is 9.10. The lowest BCUT2D eigenvalue weighted by Gasteiger charge is -2.09. The predicted octanol–water partition coefficient (Wildman–Crippen LogP) is 4.02. The minimum atomic E-state index is -0.128. The fourth-order valence-corrected chi connectivity index (χ4v) is 3.35. The summed E-state index contributed by atoms with van der Waals surface area (Å²) in [7, 11) is 0. The van der Waals surface area contributed by atoms with Gasteiger partial charge in [0.1, 0.15) is 0 Å². The van der Waals surface area contributed by atoms with Crippen LogP contribution < -0.4 is 10.6 Å². The van der Waals surface area contributed by atoms with Gasteiger partial charge in [0.2, 0.25) is 11.8 Å². The minimum absolute atomic E-state index is 0.118. The predicted molar refractivity (Wildman–Crippen MR) is 105 cm³/mol. The van der Waals surface area contributed by atoms with E-state index in [1.807, 2.05) is 30.5 Å².